The van der Waals surface area contributed by atoms with Crippen molar-refractivity contribution in [3.63, 3.8) is 0 Å². The van der Waals surface area contributed by atoms with Gasteiger partial charge in [-0.3, -0.25) is 4.79 Å². The monoisotopic (exact) mass is 417 g/mol. The molecule has 1 atom stereocenters. The number of carbonyl (C=O) groups excluding carboxylic acids is 1. The second-order valence-electron chi connectivity index (χ2n) is 5.26. The minimum absolute atomic E-state index is 0.0332. The number of nitrogens with one attached hydrogen (secondary N) is 1. The summed E-state index contributed by atoms with van der Waals surface area (Å²) in [5, 5.41) is 5.22. The van der Waals surface area contributed by atoms with Gasteiger partial charge in [0.1, 0.15) is 16.2 Å². The molecule has 0 aliphatic rings. The molecule has 3 aromatic rings. The van der Waals surface area contributed by atoms with Crippen LogP contribution < -0.4 is 5.32 Å². The fourth-order valence-corrected chi connectivity index (χ4v) is 3.98. The summed E-state index contributed by atoms with van der Waals surface area (Å²) in [4.78, 5) is 21.5. The average molecular weight is 418 g/mol. The Morgan fingerprint density at radius 1 is 1.31 bits per heavy atom. The molecule has 2 heterocycles. The lowest BCUT2D eigenvalue weighted by molar-refractivity contribution is -0.137. The molecule has 0 bridgehead atoms. The van der Waals surface area contributed by atoms with Crippen LogP contribution in [0.1, 0.15) is 12.5 Å². The van der Waals surface area contributed by atoms with Crippen LogP contribution in [0.25, 0.3) is 10.2 Å². The fourth-order valence-electron chi connectivity index (χ4n) is 2.11. The summed E-state index contributed by atoms with van der Waals surface area (Å²) in [5.74, 6) is -0.474. The Kier molecular flexibility index (Phi) is 5.40. The summed E-state index contributed by atoms with van der Waals surface area (Å²) < 4.78 is 38.5. The zero-order valence-electron chi connectivity index (χ0n) is 13.2. The van der Waals surface area contributed by atoms with Crippen LogP contribution in [0, 0.1) is 0 Å². The number of nitrogens with zero attached hydrogens (tertiary/aromatic N) is 2. The Hall–Kier alpha value is -1.84. The number of thioether (sulfide) groups is 1. The number of carbonyl (C=O) groups is 1. The standard InChI is InChI=1S/C16H11ClF3N3OS2/c1-8(26-15-10-4-5-25-14(10)21-7-22-15)13(24)23-12-6-9(16(18,19)20)2-3-11(12)17/h2-8H,1H3,(H,23,24)/t8-/m0/s1. The summed E-state index contributed by atoms with van der Waals surface area (Å²) >= 11 is 8.57. The second-order valence-corrected chi connectivity index (χ2v) is 7.89. The molecule has 1 aromatic carbocycles. The molecule has 1 amide bonds. The number of anilines is 1. The number of hydrogen-bond acceptors (Lipinski definition) is 5. The van der Waals surface area contributed by atoms with Crippen molar-refractivity contribution >= 4 is 56.5 Å². The highest BCUT2D eigenvalue weighted by atomic mass is 35.5. The zero-order chi connectivity index (χ0) is 18.9. The average Bonchev–Trinajstić information content (AvgIpc) is 3.05. The number of halogens is 4. The van der Waals surface area contributed by atoms with Crippen molar-refractivity contribution < 1.29 is 18.0 Å². The van der Waals surface area contributed by atoms with Crippen molar-refractivity contribution in [2.75, 3.05) is 5.32 Å². The molecule has 0 fully saturated rings. The number of aromatic nitrogens is 2. The molecular formula is C16H11ClF3N3OS2. The molecule has 0 aliphatic heterocycles. The Labute approximate surface area is 159 Å². The highest BCUT2D eigenvalue weighted by Crippen LogP contribution is 2.35. The number of hydrogen-bond donors (Lipinski definition) is 1. The SMILES string of the molecule is C[C@H](Sc1ncnc2sccc12)C(=O)Nc1cc(C(F)(F)F)ccc1Cl. The van der Waals surface area contributed by atoms with Gasteiger partial charge in [0, 0.05) is 5.39 Å². The first-order chi connectivity index (χ1) is 12.3. The first kappa shape index (κ1) is 18.9. The van der Waals surface area contributed by atoms with Crippen LogP contribution in [0.2, 0.25) is 5.02 Å². The van der Waals surface area contributed by atoms with Crippen LogP contribution >= 0.6 is 34.7 Å². The molecule has 0 aliphatic carbocycles. The normalized spacial score (nSPS) is 13.0. The topological polar surface area (TPSA) is 54.9 Å². The molecule has 10 heteroatoms. The highest BCUT2D eigenvalue weighted by Gasteiger charge is 2.31. The second kappa shape index (κ2) is 7.42. The lowest BCUT2D eigenvalue weighted by Crippen LogP contribution is -2.23. The minimum Gasteiger partial charge on any atom is -0.324 e. The van der Waals surface area contributed by atoms with Crippen molar-refractivity contribution in [1.82, 2.24) is 9.97 Å². The lowest BCUT2D eigenvalue weighted by Gasteiger charge is -2.14. The van der Waals surface area contributed by atoms with Crippen LogP contribution in [-0.4, -0.2) is 21.1 Å². The van der Waals surface area contributed by atoms with Crippen LogP contribution in [0.15, 0.2) is 41.0 Å². The number of thiophene rings is 1. The third-order valence-corrected chi connectivity index (χ3v) is 5.70. The summed E-state index contributed by atoms with van der Waals surface area (Å²) in [6, 6.07) is 4.65. The van der Waals surface area contributed by atoms with E-state index in [2.05, 4.69) is 15.3 Å². The van der Waals surface area contributed by atoms with Gasteiger partial charge >= 0.3 is 6.18 Å². The van der Waals surface area contributed by atoms with Crippen LogP contribution in [0.3, 0.4) is 0 Å². The quantitative estimate of drug-likeness (QED) is 0.451. The van der Waals surface area contributed by atoms with Crippen LogP contribution in [0.4, 0.5) is 18.9 Å². The molecule has 0 saturated heterocycles. The summed E-state index contributed by atoms with van der Waals surface area (Å²) in [6.07, 6.45) is -3.11. The van der Waals surface area contributed by atoms with Gasteiger partial charge in [-0.2, -0.15) is 13.2 Å². The van der Waals surface area contributed by atoms with Crippen molar-refractivity contribution in [2.45, 2.75) is 23.4 Å². The van der Waals surface area contributed by atoms with Gasteiger partial charge in [-0.15, -0.1) is 11.3 Å². The zero-order valence-corrected chi connectivity index (χ0v) is 15.6. The van der Waals surface area contributed by atoms with Gasteiger partial charge in [-0.1, -0.05) is 23.4 Å². The van der Waals surface area contributed by atoms with Gasteiger partial charge in [-0.05, 0) is 36.6 Å². The van der Waals surface area contributed by atoms with Crippen LogP contribution in [0.5, 0.6) is 0 Å². The number of fused-ring (bicyclic) bond motifs is 1. The lowest BCUT2D eigenvalue weighted by atomic mass is 10.2. The van der Waals surface area contributed by atoms with E-state index >= 15 is 0 Å². The van der Waals surface area contributed by atoms with E-state index in [1.165, 1.54) is 29.4 Å². The molecule has 0 spiro atoms. The molecule has 0 unspecified atom stereocenters. The Bertz CT molecular complexity index is 961. The van der Waals surface area contributed by atoms with E-state index in [9.17, 15) is 18.0 Å². The number of rotatable bonds is 4. The largest absolute Gasteiger partial charge is 0.416 e. The van der Waals surface area contributed by atoms with Gasteiger partial charge < -0.3 is 5.32 Å². The van der Waals surface area contributed by atoms with E-state index in [1.807, 2.05) is 11.4 Å². The predicted molar refractivity (Wildman–Crippen MR) is 97.8 cm³/mol. The molecule has 136 valence electrons. The number of amides is 1. The van der Waals surface area contributed by atoms with E-state index in [1.54, 1.807) is 6.92 Å². The predicted octanol–water partition coefficient (Wildman–Crippen LogP) is 5.48. The molecule has 0 saturated carbocycles. The van der Waals surface area contributed by atoms with Gasteiger partial charge in [0.15, 0.2) is 0 Å². The van der Waals surface area contributed by atoms with E-state index in [4.69, 9.17) is 11.6 Å². The summed E-state index contributed by atoms with van der Waals surface area (Å²) in [6.45, 7) is 1.64. The first-order valence-corrected chi connectivity index (χ1v) is 9.42. The van der Waals surface area contributed by atoms with Gasteiger partial charge in [0.05, 0.1) is 21.5 Å². The number of alkyl halides is 3. The minimum atomic E-state index is -4.52. The molecule has 2 aromatic heterocycles. The van der Waals surface area contributed by atoms with Gasteiger partial charge in [0.25, 0.3) is 0 Å². The maximum absolute atomic E-state index is 12.8. The highest BCUT2D eigenvalue weighted by molar-refractivity contribution is 8.00. The Morgan fingerprint density at radius 3 is 2.81 bits per heavy atom. The smallest absolute Gasteiger partial charge is 0.324 e. The maximum atomic E-state index is 12.8. The fraction of sp³-hybridized carbons (Fsp3) is 0.188. The third kappa shape index (κ3) is 4.11. The van der Waals surface area contributed by atoms with E-state index < -0.39 is 22.9 Å². The Morgan fingerprint density at radius 2 is 2.08 bits per heavy atom. The maximum Gasteiger partial charge on any atom is 0.416 e. The van der Waals surface area contributed by atoms with E-state index in [-0.39, 0.29) is 10.7 Å². The van der Waals surface area contributed by atoms with Gasteiger partial charge in [0.2, 0.25) is 5.91 Å². The van der Waals surface area contributed by atoms with Crippen LogP contribution in [-0.2, 0) is 11.0 Å². The van der Waals surface area contributed by atoms with Crippen molar-refractivity contribution in [3.8, 4) is 0 Å². The van der Waals surface area contributed by atoms with Gasteiger partial charge in [-0.25, -0.2) is 9.97 Å². The third-order valence-electron chi connectivity index (χ3n) is 3.43. The van der Waals surface area contributed by atoms with E-state index in [0.717, 1.165) is 28.4 Å². The molecule has 0 radical (unpaired) electrons. The Balaban J connectivity index is 1.77. The van der Waals surface area contributed by atoms with Crippen molar-refractivity contribution in [2.24, 2.45) is 0 Å². The summed E-state index contributed by atoms with van der Waals surface area (Å²) in [5.41, 5.74) is -0.962. The van der Waals surface area contributed by atoms with Crippen molar-refractivity contribution in [3.05, 3.63) is 46.6 Å². The van der Waals surface area contributed by atoms with E-state index in [0.29, 0.717) is 5.03 Å². The number of benzene rings is 1. The molecule has 4 nitrogen and oxygen atoms in total. The summed E-state index contributed by atoms with van der Waals surface area (Å²) in [7, 11) is 0. The molecule has 3 rings (SSSR count). The first-order valence-electron chi connectivity index (χ1n) is 7.28. The molecule has 26 heavy (non-hydrogen) atoms. The molecule has 1 N–H and O–H groups in total. The van der Waals surface area contributed by atoms with Crippen molar-refractivity contribution in [1.29, 1.82) is 0 Å². The molecular weight excluding hydrogens is 407 g/mol.